The molecule has 112 valence electrons. The van der Waals surface area contributed by atoms with Crippen molar-refractivity contribution in [3.05, 3.63) is 29.3 Å². The minimum absolute atomic E-state index is 0.141. The number of ether oxygens (including phenoxy) is 1. The molecule has 20 heavy (non-hydrogen) atoms. The zero-order valence-corrected chi connectivity index (χ0v) is 13.6. The van der Waals surface area contributed by atoms with Gasteiger partial charge >= 0.3 is 0 Å². The van der Waals surface area contributed by atoms with E-state index in [1.54, 1.807) is 7.11 Å². The van der Waals surface area contributed by atoms with E-state index in [1.807, 2.05) is 17.8 Å². The summed E-state index contributed by atoms with van der Waals surface area (Å²) < 4.78 is 5.30. The number of thioether (sulfide) groups is 1. The average Bonchev–Trinajstić information content (AvgIpc) is 2.80. The first-order valence-electron chi connectivity index (χ1n) is 7.45. The molecule has 2 N–H and O–H groups in total. The summed E-state index contributed by atoms with van der Waals surface area (Å²) in [7, 11) is 1.71. The summed E-state index contributed by atoms with van der Waals surface area (Å²) in [6.45, 7) is 7.85. The van der Waals surface area contributed by atoms with Gasteiger partial charge in [0.15, 0.2) is 0 Å². The van der Waals surface area contributed by atoms with E-state index in [1.165, 1.54) is 11.1 Å². The first-order valence-corrected chi connectivity index (χ1v) is 8.50. The SMILES string of the molecule is CCN(CC)CCSC1Cc2ccc(OC)cc2C1N. The summed E-state index contributed by atoms with van der Waals surface area (Å²) in [6.07, 6.45) is 1.09. The van der Waals surface area contributed by atoms with Gasteiger partial charge in [-0.05, 0) is 42.8 Å². The molecule has 0 spiro atoms. The molecule has 0 amide bonds. The lowest BCUT2D eigenvalue weighted by molar-refractivity contribution is 0.323. The van der Waals surface area contributed by atoms with Gasteiger partial charge in [0, 0.05) is 23.6 Å². The molecule has 0 aromatic heterocycles. The molecular formula is C16H26N2OS. The highest BCUT2D eigenvalue weighted by Gasteiger charge is 2.30. The van der Waals surface area contributed by atoms with Gasteiger partial charge in [-0.15, -0.1) is 0 Å². The zero-order valence-electron chi connectivity index (χ0n) is 12.8. The fraction of sp³-hybridized carbons (Fsp3) is 0.625. The first kappa shape index (κ1) is 15.7. The van der Waals surface area contributed by atoms with Gasteiger partial charge in [0.05, 0.1) is 7.11 Å². The molecule has 1 aliphatic rings. The molecule has 2 rings (SSSR count). The third-order valence-corrected chi connectivity index (χ3v) is 5.47. The van der Waals surface area contributed by atoms with Crippen molar-refractivity contribution in [1.82, 2.24) is 4.90 Å². The van der Waals surface area contributed by atoms with Crippen LogP contribution >= 0.6 is 11.8 Å². The molecule has 1 aliphatic carbocycles. The summed E-state index contributed by atoms with van der Waals surface area (Å²) in [5.74, 6) is 2.07. The second-order valence-corrected chi connectivity index (χ2v) is 6.58. The molecular weight excluding hydrogens is 268 g/mol. The summed E-state index contributed by atoms with van der Waals surface area (Å²) in [5, 5.41) is 0.507. The Morgan fingerprint density at radius 3 is 2.75 bits per heavy atom. The number of hydrogen-bond donors (Lipinski definition) is 1. The number of fused-ring (bicyclic) bond motifs is 1. The third kappa shape index (κ3) is 3.48. The van der Waals surface area contributed by atoms with Crippen molar-refractivity contribution in [3.63, 3.8) is 0 Å². The first-order chi connectivity index (χ1) is 9.69. The lowest BCUT2D eigenvalue weighted by Gasteiger charge is -2.20. The van der Waals surface area contributed by atoms with Gasteiger partial charge in [-0.2, -0.15) is 11.8 Å². The van der Waals surface area contributed by atoms with Crippen LogP contribution in [0.3, 0.4) is 0 Å². The van der Waals surface area contributed by atoms with E-state index in [-0.39, 0.29) is 6.04 Å². The van der Waals surface area contributed by atoms with Crippen molar-refractivity contribution < 1.29 is 4.74 Å². The second kappa shape index (κ2) is 7.34. The predicted octanol–water partition coefficient (Wildman–Crippen LogP) is 2.69. The predicted molar refractivity (Wildman–Crippen MR) is 87.7 cm³/mol. The van der Waals surface area contributed by atoms with E-state index in [9.17, 15) is 0 Å². The van der Waals surface area contributed by atoms with E-state index in [2.05, 4.69) is 30.9 Å². The largest absolute Gasteiger partial charge is 0.497 e. The monoisotopic (exact) mass is 294 g/mol. The maximum Gasteiger partial charge on any atom is 0.119 e. The van der Waals surface area contributed by atoms with E-state index in [0.717, 1.165) is 37.6 Å². The van der Waals surface area contributed by atoms with Crippen molar-refractivity contribution in [2.45, 2.75) is 31.6 Å². The van der Waals surface area contributed by atoms with E-state index in [4.69, 9.17) is 10.5 Å². The van der Waals surface area contributed by atoms with Crippen LogP contribution in [0.25, 0.3) is 0 Å². The minimum Gasteiger partial charge on any atom is -0.497 e. The standard InChI is InChI=1S/C16H26N2OS/c1-4-18(5-2)8-9-20-15-10-12-6-7-13(19-3)11-14(12)16(15)17/h6-7,11,15-16H,4-5,8-10,17H2,1-3H3. The van der Waals surface area contributed by atoms with Gasteiger partial charge in [0.2, 0.25) is 0 Å². The molecule has 0 bridgehead atoms. The Hall–Kier alpha value is -0.710. The minimum atomic E-state index is 0.141. The van der Waals surface area contributed by atoms with Crippen LogP contribution in [0, 0.1) is 0 Å². The molecule has 0 radical (unpaired) electrons. The van der Waals surface area contributed by atoms with Gasteiger partial charge in [-0.3, -0.25) is 0 Å². The van der Waals surface area contributed by atoms with Gasteiger partial charge in [0.25, 0.3) is 0 Å². The fourth-order valence-corrected chi connectivity index (χ4v) is 4.09. The number of nitrogens with two attached hydrogens (primary N) is 1. The Morgan fingerprint density at radius 1 is 1.35 bits per heavy atom. The van der Waals surface area contributed by atoms with Crippen LogP contribution < -0.4 is 10.5 Å². The van der Waals surface area contributed by atoms with Crippen LogP contribution in [-0.2, 0) is 6.42 Å². The lowest BCUT2D eigenvalue weighted by atomic mass is 10.1. The van der Waals surface area contributed by atoms with Gasteiger partial charge in [-0.1, -0.05) is 19.9 Å². The van der Waals surface area contributed by atoms with Gasteiger partial charge < -0.3 is 15.4 Å². The number of methoxy groups -OCH3 is 1. The second-order valence-electron chi connectivity index (χ2n) is 5.23. The maximum atomic E-state index is 6.41. The third-order valence-electron chi connectivity index (χ3n) is 4.17. The highest BCUT2D eigenvalue weighted by Crippen LogP contribution is 2.38. The van der Waals surface area contributed by atoms with Crippen molar-refractivity contribution in [1.29, 1.82) is 0 Å². The van der Waals surface area contributed by atoms with E-state index >= 15 is 0 Å². The number of nitrogens with zero attached hydrogens (tertiary/aromatic N) is 1. The van der Waals surface area contributed by atoms with Crippen LogP contribution in [-0.4, -0.2) is 42.6 Å². The average molecular weight is 294 g/mol. The normalized spacial score (nSPS) is 21.2. The topological polar surface area (TPSA) is 38.5 Å². The smallest absolute Gasteiger partial charge is 0.119 e. The molecule has 0 heterocycles. The number of rotatable bonds is 7. The Kier molecular flexibility index (Phi) is 5.75. The molecule has 0 fully saturated rings. The van der Waals surface area contributed by atoms with Gasteiger partial charge in [0.1, 0.15) is 5.75 Å². The van der Waals surface area contributed by atoms with E-state index in [0.29, 0.717) is 5.25 Å². The summed E-state index contributed by atoms with van der Waals surface area (Å²) in [4.78, 5) is 2.46. The van der Waals surface area contributed by atoms with Crippen molar-refractivity contribution in [3.8, 4) is 5.75 Å². The fourth-order valence-electron chi connectivity index (χ4n) is 2.78. The van der Waals surface area contributed by atoms with Crippen LogP contribution in [0.15, 0.2) is 18.2 Å². The quantitative estimate of drug-likeness (QED) is 0.839. The molecule has 0 saturated carbocycles. The lowest BCUT2D eigenvalue weighted by Crippen LogP contribution is -2.27. The van der Waals surface area contributed by atoms with Gasteiger partial charge in [-0.25, -0.2) is 0 Å². The van der Waals surface area contributed by atoms with Crippen LogP contribution in [0.1, 0.15) is 31.0 Å². The van der Waals surface area contributed by atoms with Crippen molar-refractivity contribution >= 4 is 11.8 Å². The molecule has 4 heteroatoms. The Labute approximate surface area is 126 Å². The highest BCUT2D eigenvalue weighted by atomic mass is 32.2. The molecule has 1 aromatic rings. The van der Waals surface area contributed by atoms with Crippen molar-refractivity contribution in [2.75, 3.05) is 32.5 Å². The summed E-state index contributed by atoms with van der Waals surface area (Å²) in [6, 6.07) is 6.44. The number of benzene rings is 1. The zero-order chi connectivity index (χ0) is 14.5. The van der Waals surface area contributed by atoms with Crippen LogP contribution in [0.2, 0.25) is 0 Å². The highest BCUT2D eigenvalue weighted by molar-refractivity contribution is 8.00. The molecule has 2 atom stereocenters. The Bertz CT molecular complexity index is 434. The molecule has 0 aliphatic heterocycles. The molecule has 2 unspecified atom stereocenters. The molecule has 1 aromatic carbocycles. The maximum absolute atomic E-state index is 6.41. The van der Waals surface area contributed by atoms with Crippen LogP contribution in [0.5, 0.6) is 5.75 Å². The van der Waals surface area contributed by atoms with E-state index < -0.39 is 0 Å². The Morgan fingerprint density at radius 2 is 2.10 bits per heavy atom. The number of hydrogen-bond acceptors (Lipinski definition) is 4. The molecule has 0 saturated heterocycles. The summed E-state index contributed by atoms with van der Waals surface area (Å²) in [5.41, 5.74) is 9.06. The van der Waals surface area contributed by atoms with Crippen LogP contribution in [0.4, 0.5) is 0 Å². The van der Waals surface area contributed by atoms with Crippen molar-refractivity contribution in [2.24, 2.45) is 5.73 Å². The Balaban J connectivity index is 1.90. The summed E-state index contributed by atoms with van der Waals surface area (Å²) >= 11 is 2.01. The molecule has 3 nitrogen and oxygen atoms in total.